The van der Waals surface area contributed by atoms with Gasteiger partial charge in [-0.1, -0.05) is 12.1 Å². The number of halogens is 3. The maximum atomic E-state index is 12.5. The molecular formula is C14H18F3NOS. The summed E-state index contributed by atoms with van der Waals surface area (Å²) in [7, 11) is 3.37. The van der Waals surface area contributed by atoms with Crippen LogP contribution >= 0.6 is 11.8 Å². The van der Waals surface area contributed by atoms with Crippen LogP contribution in [-0.2, 0) is 11.0 Å². The number of carbonyl (C=O) groups is 1. The molecule has 0 aromatic heterocycles. The number of amides is 1. The standard InChI is InChI=1S/C14H18F3NOS/c1-9(20-10(2)13(19)18(3)4)11-5-7-12(8-6-11)14(15,16)17/h5-10H,1-4H3/t9-,10-/m1/s1. The molecule has 20 heavy (non-hydrogen) atoms. The van der Waals surface area contributed by atoms with Crippen LogP contribution in [0.3, 0.4) is 0 Å². The van der Waals surface area contributed by atoms with Crippen molar-refractivity contribution in [3.63, 3.8) is 0 Å². The second-order valence-corrected chi connectivity index (χ2v) is 6.46. The number of carbonyl (C=O) groups excluding carboxylic acids is 1. The van der Waals surface area contributed by atoms with Gasteiger partial charge in [0.15, 0.2) is 0 Å². The average Bonchev–Trinajstić information content (AvgIpc) is 2.36. The minimum absolute atomic E-state index is 0.00578. The van der Waals surface area contributed by atoms with Crippen molar-refractivity contribution in [1.82, 2.24) is 4.90 Å². The minimum Gasteiger partial charge on any atom is -0.348 e. The molecular weight excluding hydrogens is 287 g/mol. The third kappa shape index (κ3) is 4.44. The Hall–Kier alpha value is -1.17. The summed E-state index contributed by atoms with van der Waals surface area (Å²) in [5.74, 6) is -0.00578. The first-order valence-electron chi connectivity index (χ1n) is 6.16. The Morgan fingerprint density at radius 3 is 2.05 bits per heavy atom. The number of benzene rings is 1. The molecule has 0 aliphatic rings. The van der Waals surface area contributed by atoms with Gasteiger partial charge in [0.05, 0.1) is 10.8 Å². The second kappa shape index (κ2) is 6.52. The summed E-state index contributed by atoms with van der Waals surface area (Å²) >= 11 is 1.43. The topological polar surface area (TPSA) is 20.3 Å². The molecule has 1 rings (SSSR count). The molecule has 2 atom stereocenters. The van der Waals surface area contributed by atoms with E-state index in [4.69, 9.17) is 0 Å². The van der Waals surface area contributed by atoms with Gasteiger partial charge in [-0.3, -0.25) is 4.79 Å². The van der Waals surface area contributed by atoms with E-state index in [0.29, 0.717) is 0 Å². The van der Waals surface area contributed by atoms with Gasteiger partial charge in [-0.25, -0.2) is 0 Å². The smallest absolute Gasteiger partial charge is 0.348 e. The van der Waals surface area contributed by atoms with E-state index in [2.05, 4.69) is 0 Å². The zero-order valence-corrected chi connectivity index (χ0v) is 12.7. The Kier molecular flexibility index (Phi) is 5.50. The highest BCUT2D eigenvalue weighted by Crippen LogP contribution is 2.34. The van der Waals surface area contributed by atoms with Gasteiger partial charge in [0.1, 0.15) is 0 Å². The molecule has 112 valence electrons. The largest absolute Gasteiger partial charge is 0.416 e. The van der Waals surface area contributed by atoms with E-state index in [1.54, 1.807) is 21.0 Å². The fraction of sp³-hybridized carbons (Fsp3) is 0.500. The van der Waals surface area contributed by atoms with Crippen molar-refractivity contribution in [3.05, 3.63) is 35.4 Å². The van der Waals surface area contributed by atoms with Gasteiger partial charge in [-0.05, 0) is 31.5 Å². The maximum Gasteiger partial charge on any atom is 0.416 e. The predicted octanol–water partition coefficient (Wildman–Crippen LogP) is 3.98. The molecule has 0 aliphatic carbocycles. The maximum absolute atomic E-state index is 12.5. The first kappa shape index (κ1) is 16.9. The van der Waals surface area contributed by atoms with Crippen LogP contribution in [0.25, 0.3) is 0 Å². The van der Waals surface area contributed by atoms with E-state index < -0.39 is 11.7 Å². The van der Waals surface area contributed by atoms with Crippen molar-refractivity contribution in [1.29, 1.82) is 0 Å². The van der Waals surface area contributed by atoms with Crippen LogP contribution in [0.15, 0.2) is 24.3 Å². The first-order valence-corrected chi connectivity index (χ1v) is 7.11. The fourth-order valence-corrected chi connectivity index (χ4v) is 3.00. The molecule has 0 radical (unpaired) electrons. The Balaban J connectivity index is 2.73. The molecule has 0 fully saturated rings. The third-order valence-electron chi connectivity index (χ3n) is 2.90. The Morgan fingerprint density at radius 1 is 1.15 bits per heavy atom. The van der Waals surface area contributed by atoms with Crippen molar-refractivity contribution >= 4 is 17.7 Å². The fourth-order valence-electron chi connectivity index (χ4n) is 1.75. The lowest BCUT2D eigenvalue weighted by atomic mass is 10.1. The lowest BCUT2D eigenvalue weighted by molar-refractivity contribution is -0.137. The quantitative estimate of drug-likeness (QED) is 0.838. The number of thioether (sulfide) groups is 1. The van der Waals surface area contributed by atoms with Crippen molar-refractivity contribution in [2.24, 2.45) is 0 Å². The van der Waals surface area contributed by atoms with Gasteiger partial charge in [0.2, 0.25) is 5.91 Å². The van der Waals surface area contributed by atoms with E-state index in [1.165, 1.54) is 28.8 Å². The van der Waals surface area contributed by atoms with Crippen LogP contribution in [0, 0.1) is 0 Å². The molecule has 1 aromatic rings. The highest BCUT2D eigenvalue weighted by atomic mass is 32.2. The molecule has 1 aromatic carbocycles. The second-order valence-electron chi connectivity index (χ2n) is 4.77. The van der Waals surface area contributed by atoms with Gasteiger partial charge in [-0.15, -0.1) is 11.8 Å². The van der Waals surface area contributed by atoms with Crippen molar-refractivity contribution in [2.75, 3.05) is 14.1 Å². The van der Waals surface area contributed by atoms with E-state index in [-0.39, 0.29) is 16.4 Å². The molecule has 6 heteroatoms. The Labute approximate surface area is 121 Å². The van der Waals surface area contributed by atoms with Crippen LogP contribution in [0.1, 0.15) is 30.2 Å². The summed E-state index contributed by atoms with van der Waals surface area (Å²) in [5.41, 5.74) is 0.122. The number of hydrogen-bond donors (Lipinski definition) is 0. The molecule has 2 nitrogen and oxygen atoms in total. The van der Waals surface area contributed by atoms with E-state index in [9.17, 15) is 18.0 Å². The van der Waals surface area contributed by atoms with Crippen LogP contribution in [0.4, 0.5) is 13.2 Å². The van der Waals surface area contributed by atoms with Gasteiger partial charge in [0.25, 0.3) is 0 Å². The molecule has 0 N–H and O–H groups in total. The minimum atomic E-state index is -4.32. The number of hydrogen-bond acceptors (Lipinski definition) is 2. The lowest BCUT2D eigenvalue weighted by Crippen LogP contribution is -2.30. The summed E-state index contributed by atoms with van der Waals surface area (Å²) in [5, 5.41) is -0.279. The normalized spacial score (nSPS) is 14.8. The molecule has 0 heterocycles. The molecule has 0 spiro atoms. The number of nitrogens with zero attached hydrogens (tertiary/aromatic N) is 1. The van der Waals surface area contributed by atoms with Gasteiger partial charge in [-0.2, -0.15) is 13.2 Å². The molecule has 0 unspecified atom stereocenters. The van der Waals surface area contributed by atoms with Crippen molar-refractivity contribution in [2.45, 2.75) is 30.5 Å². The number of alkyl halides is 3. The SMILES string of the molecule is C[C@@H](S[C@H](C)c1ccc(C(F)(F)F)cc1)C(=O)N(C)C. The molecule has 0 bridgehead atoms. The molecule has 0 aliphatic heterocycles. The van der Waals surface area contributed by atoms with Crippen LogP contribution < -0.4 is 0 Å². The summed E-state index contributed by atoms with van der Waals surface area (Å²) < 4.78 is 37.4. The highest BCUT2D eigenvalue weighted by Gasteiger charge is 2.30. The summed E-state index contributed by atoms with van der Waals surface area (Å²) in [6, 6.07) is 5.08. The van der Waals surface area contributed by atoms with Crippen LogP contribution in [0.2, 0.25) is 0 Å². The predicted molar refractivity (Wildman–Crippen MR) is 75.6 cm³/mol. The zero-order chi connectivity index (χ0) is 15.5. The summed E-state index contributed by atoms with van der Waals surface area (Å²) in [6.07, 6.45) is -4.32. The summed E-state index contributed by atoms with van der Waals surface area (Å²) in [6.45, 7) is 3.68. The van der Waals surface area contributed by atoms with Crippen molar-refractivity contribution < 1.29 is 18.0 Å². The zero-order valence-electron chi connectivity index (χ0n) is 11.9. The van der Waals surface area contributed by atoms with Gasteiger partial charge >= 0.3 is 6.18 Å². The van der Waals surface area contributed by atoms with Crippen LogP contribution in [0.5, 0.6) is 0 Å². The third-order valence-corrected chi connectivity index (χ3v) is 4.19. The lowest BCUT2D eigenvalue weighted by Gasteiger charge is -2.20. The van der Waals surface area contributed by atoms with E-state index in [1.807, 2.05) is 6.92 Å². The first-order chi connectivity index (χ1) is 9.12. The van der Waals surface area contributed by atoms with E-state index >= 15 is 0 Å². The highest BCUT2D eigenvalue weighted by molar-refractivity contribution is 8.00. The Bertz CT molecular complexity index is 456. The Morgan fingerprint density at radius 2 is 1.65 bits per heavy atom. The number of rotatable bonds is 4. The van der Waals surface area contributed by atoms with Crippen molar-refractivity contribution in [3.8, 4) is 0 Å². The average molecular weight is 305 g/mol. The van der Waals surface area contributed by atoms with Gasteiger partial charge in [0, 0.05) is 19.3 Å². The molecule has 0 saturated heterocycles. The monoisotopic (exact) mass is 305 g/mol. The van der Waals surface area contributed by atoms with Crippen LogP contribution in [-0.4, -0.2) is 30.2 Å². The molecule has 0 saturated carbocycles. The van der Waals surface area contributed by atoms with E-state index in [0.717, 1.165) is 17.7 Å². The summed E-state index contributed by atoms with van der Waals surface area (Å²) in [4.78, 5) is 13.3. The van der Waals surface area contributed by atoms with Gasteiger partial charge < -0.3 is 4.90 Å². The molecule has 1 amide bonds.